The van der Waals surface area contributed by atoms with Crippen LogP contribution in [-0.4, -0.2) is 42.6 Å². The lowest BCUT2D eigenvalue weighted by Crippen LogP contribution is -2.41. The summed E-state index contributed by atoms with van der Waals surface area (Å²) < 4.78 is 8.08. The number of hydrogen-bond acceptors (Lipinski definition) is 6. The zero-order valence-electron chi connectivity index (χ0n) is 19.7. The van der Waals surface area contributed by atoms with Crippen molar-refractivity contribution >= 4 is 40.0 Å². The highest BCUT2D eigenvalue weighted by Gasteiger charge is 2.36. The van der Waals surface area contributed by atoms with Gasteiger partial charge < -0.3 is 24.6 Å². The number of carbonyl (C=O) groups is 1. The fourth-order valence-corrected chi connectivity index (χ4v) is 4.50. The number of aromatic nitrogens is 3. The van der Waals surface area contributed by atoms with Crippen LogP contribution in [0.2, 0.25) is 5.02 Å². The smallest absolute Gasteiger partial charge is 0.255 e. The number of ether oxygens (including phenoxy) is 1. The van der Waals surface area contributed by atoms with Crippen molar-refractivity contribution in [2.45, 2.75) is 39.4 Å². The topological polar surface area (TPSA) is 92.5 Å². The Kier molecular flexibility index (Phi) is 5.86. The lowest BCUT2D eigenvalue weighted by atomic mass is 10.1. The van der Waals surface area contributed by atoms with E-state index in [4.69, 9.17) is 16.3 Å². The summed E-state index contributed by atoms with van der Waals surface area (Å²) in [6, 6.07) is 12.8. The second-order valence-electron chi connectivity index (χ2n) is 9.41. The first kappa shape index (κ1) is 23.1. The van der Waals surface area contributed by atoms with E-state index in [1.807, 2.05) is 66.8 Å². The van der Waals surface area contributed by atoms with Gasteiger partial charge in [-0.15, -0.1) is 0 Å². The Morgan fingerprint density at radius 3 is 2.71 bits per heavy atom. The number of aliphatic hydroxyl groups excluding tert-OH is 1. The standard InChI is InChI=1S/C26H26ClN5O3/c1-26(2,3)32-14-18-17(25(32)34)5-4-6-21(18)35-22-8-7-16(13-19(22)27)30-24-23-20(28-15-29-24)9-10-31(23)11-12-33/h4-10,13,15,33H,11-12,14H2,1-3H3,(H,28,29,30). The molecule has 180 valence electrons. The van der Waals surface area contributed by atoms with Gasteiger partial charge in [0.25, 0.3) is 5.91 Å². The lowest BCUT2D eigenvalue weighted by Gasteiger charge is -2.31. The largest absolute Gasteiger partial charge is 0.455 e. The molecule has 2 aromatic carbocycles. The number of aliphatic hydroxyl groups is 1. The van der Waals surface area contributed by atoms with Crippen LogP contribution in [0, 0.1) is 0 Å². The maximum absolute atomic E-state index is 12.9. The van der Waals surface area contributed by atoms with E-state index in [-0.39, 0.29) is 18.1 Å². The SMILES string of the molecule is CC(C)(C)N1Cc2c(Oc3ccc(Nc4ncnc5ccn(CCO)c45)cc3Cl)cccc2C1=O. The molecule has 0 bridgehead atoms. The van der Waals surface area contributed by atoms with Crippen LogP contribution in [0.1, 0.15) is 36.7 Å². The van der Waals surface area contributed by atoms with Gasteiger partial charge in [0.15, 0.2) is 5.82 Å². The molecule has 9 heteroatoms. The number of halogens is 1. The summed E-state index contributed by atoms with van der Waals surface area (Å²) in [5, 5.41) is 13.1. The molecule has 1 aliphatic heterocycles. The second-order valence-corrected chi connectivity index (χ2v) is 9.81. The summed E-state index contributed by atoms with van der Waals surface area (Å²) in [6.45, 7) is 7.00. The number of benzene rings is 2. The molecule has 0 saturated carbocycles. The van der Waals surface area contributed by atoms with E-state index in [9.17, 15) is 9.90 Å². The summed E-state index contributed by atoms with van der Waals surface area (Å²) in [4.78, 5) is 23.4. The highest BCUT2D eigenvalue weighted by molar-refractivity contribution is 6.32. The Labute approximate surface area is 208 Å². The van der Waals surface area contributed by atoms with Gasteiger partial charge in [-0.3, -0.25) is 4.79 Å². The van der Waals surface area contributed by atoms with E-state index in [0.29, 0.717) is 41.0 Å². The lowest BCUT2D eigenvalue weighted by molar-refractivity contribution is 0.0609. The van der Waals surface area contributed by atoms with Gasteiger partial charge in [-0.2, -0.15) is 0 Å². The number of hydrogen-bond donors (Lipinski definition) is 2. The van der Waals surface area contributed by atoms with Crippen LogP contribution in [-0.2, 0) is 13.1 Å². The van der Waals surface area contributed by atoms with Crippen LogP contribution in [0.4, 0.5) is 11.5 Å². The van der Waals surface area contributed by atoms with Gasteiger partial charge >= 0.3 is 0 Å². The number of rotatable bonds is 6. The molecule has 3 heterocycles. The third-order valence-electron chi connectivity index (χ3n) is 6.04. The van der Waals surface area contributed by atoms with Gasteiger partial charge in [-0.1, -0.05) is 17.7 Å². The minimum absolute atomic E-state index is 0.00529. The average Bonchev–Trinajstić information content (AvgIpc) is 3.38. The summed E-state index contributed by atoms with van der Waals surface area (Å²) >= 11 is 6.59. The maximum atomic E-state index is 12.9. The first-order valence-corrected chi connectivity index (χ1v) is 11.7. The van der Waals surface area contributed by atoms with Crippen molar-refractivity contribution in [3.63, 3.8) is 0 Å². The van der Waals surface area contributed by atoms with Crippen molar-refractivity contribution in [3.8, 4) is 11.5 Å². The third-order valence-corrected chi connectivity index (χ3v) is 6.34. The van der Waals surface area contributed by atoms with Crippen LogP contribution in [0.3, 0.4) is 0 Å². The average molecular weight is 492 g/mol. The van der Waals surface area contributed by atoms with E-state index in [1.165, 1.54) is 6.33 Å². The van der Waals surface area contributed by atoms with Crippen molar-refractivity contribution in [1.29, 1.82) is 0 Å². The van der Waals surface area contributed by atoms with E-state index >= 15 is 0 Å². The fourth-order valence-electron chi connectivity index (χ4n) is 4.28. The van der Waals surface area contributed by atoms with Gasteiger partial charge in [0.2, 0.25) is 0 Å². The molecule has 0 fully saturated rings. The molecular weight excluding hydrogens is 466 g/mol. The Bertz CT molecular complexity index is 1430. The summed E-state index contributed by atoms with van der Waals surface area (Å²) in [7, 11) is 0. The normalized spacial score (nSPS) is 13.4. The molecule has 1 amide bonds. The van der Waals surface area contributed by atoms with Crippen molar-refractivity contribution in [1.82, 2.24) is 19.4 Å². The number of amides is 1. The minimum Gasteiger partial charge on any atom is -0.455 e. The summed E-state index contributed by atoms with van der Waals surface area (Å²) in [5.74, 6) is 1.72. The van der Waals surface area contributed by atoms with Crippen molar-refractivity contribution in [2.24, 2.45) is 0 Å². The molecular formula is C26H26ClN5O3. The molecule has 0 aliphatic carbocycles. The van der Waals surface area contributed by atoms with Gasteiger partial charge in [0.05, 0.1) is 23.7 Å². The zero-order chi connectivity index (χ0) is 24.7. The highest BCUT2D eigenvalue weighted by Crippen LogP contribution is 2.39. The molecule has 0 unspecified atom stereocenters. The molecule has 35 heavy (non-hydrogen) atoms. The van der Waals surface area contributed by atoms with Gasteiger partial charge in [0, 0.05) is 35.1 Å². The Balaban J connectivity index is 1.40. The predicted molar refractivity (Wildman–Crippen MR) is 135 cm³/mol. The Hall–Kier alpha value is -3.62. The number of fused-ring (bicyclic) bond motifs is 2. The molecule has 0 atom stereocenters. The number of nitrogens with zero attached hydrogens (tertiary/aromatic N) is 4. The molecule has 8 nitrogen and oxygen atoms in total. The van der Waals surface area contributed by atoms with Gasteiger partial charge in [-0.25, -0.2) is 9.97 Å². The van der Waals surface area contributed by atoms with E-state index in [1.54, 1.807) is 12.1 Å². The molecule has 0 radical (unpaired) electrons. The van der Waals surface area contributed by atoms with E-state index < -0.39 is 0 Å². The van der Waals surface area contributed by atoms with E-state index in [2.05, 4.69) is 15.3 Å². The highest BCUT2D eigenvalue weighted by atomic mass is 35.5. The predicted octanol–water partition coefficient (Wildman–Crippen LogP) is 5.37. The van der Waals surface area contributed by atoms with Gasteiger partial charge in [0.1, 0.15) is 23.3 Å². The van der Waals surface area contributed by atoms with Crippen LogP contribution < -0.4 is 10.1 Å². The third kappa shape index (κ3) is 4.31. The molecule has 0 spiro atoms. The minimum atomic E-state index is -0.290. The quantitative estimate of drug-likeness (QED) is 0.377. The molecule has 2 aromatic heterocycles. The second kappa shape index (κ2) is 8.87. The van der Waals surface area contributed by atoms with Crippen LogP contribution >= 0.6 is 11.6 Å². The first-order valence-electron chi connectivity index (χ1n) is 11.4. The number of nitrogens with one attached hydrogen (secondary N) is 1. The molecule has 4 aromatic rings. The fraction of sp³-hybridized carbons (Fsp3) is 0.269. The summed E-state index contributed by atoms with van der Waals surface area (Å²) in [6.07, 6.45) is 3.36. The van der Waals surface area contributed by atoms with Crippen LogP contribution in [0.25, 0.3) is 11.0 Å². The monoisotopic (exact) mass is 491 g/mol. The molecule has 2 N–H and O–H groups in total. The maximum Gasteiger partial charge on any atom is 0.255 e. The van der Waals surface area contributed by atoms with Crippen molar-refractivity contribution in [2.75, 3.05) is 11.9 Å². The molecule has 0 saturated heterocycles. The molecule has 1 aliphatic rings. The van der Waals surface area contributed by atoms with Crippen molar-refractivity contribution < 1.29 is 14.6 Å². The number of carbonyl (C=O) groups excluding carboxylic acids is 1. The zero-order valence-corrected chi connectivity index (χ0v) is 20.5. The molecule has 5 rings (SSSR count). The van der Waals surface area contributed by atoms with E-state index in [0.717, 1.165) is 22.3 Å². The summed E-state index contributed by atoms with van der Waals surface area (Å²) in [5.41, 5.74) is 3.53. The Morgan fingerprint density at radius 1 is 1.14 bits per heavy atom. The van der Waals surface area contributed by atoms with Gasteiger partial charge in [-0.05, 0) is 57.2 Å². The van der Waals surface area contributed by atoms with Crippen LogP contribution in [0.5, 0.6) is 11.5 Å². The Morgan fingerprint density at radius 2 is 1.97 bits per heavy atom. The first-order chi connectivity index (χ1) is 16.8. The van der Waals surface area contributed by atoms with Crippen molar-refractivity contribution in [3.05, 3.63) is 71.1 Å². The van der Waals surface area contributed by atoms with Crippen LogP contribution in [0.15, 0.2) is 55.0 Å². The number of anilines is 2.